The number of aliphatic hydroxyl groups excluding tert-OH is 1. The van der Waals surface area contributed by atoms with Crippen molar-refractivity contribution in [3.8, 4) is 11.5 Å². The van der Waals surface area contributed by atoms with Crippen LogP contribution in [-0.4, -0.2) is 55.4 Å². The van der Waals surface area contributed by atoms with E-state index in [9.17, 15) is 9.90 Å². The molecule has 0 saturated heterocycles. The Labute approximate surface area is 222 Å². The smallest absolute Gasteiger partial charge is 0.229 e. The number of hydrogen-bond acceptors (Lipinski definition) is 6. The van der Waals surface area contributed by atoms with Gasteiger partial charge in [0.15, 0.2) is 0 Å². The summed E-state index contributed by atoms with van der Waals surface area (Å²) in [5.41, 5.74) is 4.26. The lowest BCUT2D eigenvalue weighted by Gasteiger charge is -2.44. The van der Waals surface area contributed by atoms with Crippen molar-refractivity contribution >= 4 is 16.8 Å². The van der Waals surface area contributed by atoms with Gasteiger partial charge in [-0.2, -0.15) is 0 Å². The SMILES string of the molecule is COCCN1C(O)c2ccccc2C(C(=O)NCc2cc(OC)ccc2OC)C1c1c[nH]c2ccccc12. The normalized spacial score (nSPS) is 19.2. The zero-order valence-corrected chi connectivity index (χ0v) is 21.8. The fourth-order valence-electron chi connectivity index (χ4n) is 5.47. The standard InChI is InChI=1S/C30H33N3O5/c1-36-15-14-33-28(24-18-31-25-11-7-6-8-21(24)25)27(22-9-4-5-10-23(22)30(33)35)29(34)32-17-19-16-20(37-2)12-13-26(19)38-3/h4-13,16,18,27-28,30-31,35H,14-15,17H2,1-3H3,(H,32,34). The average Bonchev–Trinajstić information content (AvgIpc) is 3.39. The fraction of sp³-hybridized carbons (Fsp3) is 0.300. The Balaban J connectivity index is 1.58. The van der Waals surface area contributed by atoms with Gasteiger partial charge in [0.05, 0.1) is 32.8 Å². The summed E-state index contributed by atoms with van der Waals surface area (Å²) in [6.45, 7) is 1.12. The van der Waals surface area contributed by atoms with Crippen LogP contribution in [0.15, 0.2) is 72.9 Å². The number of hydrogen-bond donors (Lipinski definition) is 3. The summed E-state index contributed by atoms with van der Waals surface area (Å²) < 4.78 is 16.3. The highest BCUT2D eigenvalue weighted by atomic mass is 16.5. The quantitative estimate of drug-likeness (QED) is 0.308. The number of ether oxygens (including phenoxy) is 3. The molecule has 1 aliphatic heterocycles. The van der Waals surface area contributed by atoms with Crippen molar-refractivity contribution in [2.75, 3.05) is 34.5 Å². The van der Waals surface area contributed by atoms with Crippen LogP contribution in [0.4, 0.5) is 0 Å². The minimum atomic E-state index is -0.887. The molecule has 3 atom stereocenters. The van der Waals surface area contributed by atoms with Gasteiger partial charge in [-0.1, -0.05) is 42.5 Å². The summed E-state index contributed by atoms with van der Waals surface area (Å²) in [4.78, 5) is 19.4. The molecule has 5 rings (SSSR count). The van der Waals surface area contributed by atoms with Crippen LogP contribution in [0, 0.1) is 0 Å². The van der Waals surface area contributed by atoms with Gasteiger partial charge in [0.2, 0.25) is 5.91 Å². The molecule has 0 saturated carbocycles. The molecule has 0 fully saturated rings. The molecule has 1 aromatic heterocycles. The zero-order valence-electron chi connectivity index (χ0n) is 21.8. The van der Waals surface area contributed by atoms with Gasteiger partial charge < -0.3 is 29.6 Å². The van der Waals surface area contributed by atoms with E-state index in [1.165, 1.54) is 0 Å². The monoisotopic (exact) mass is 515 g/mol. The van der Waals surface area contributed by atoms with E-state index in [1.54, 1.807) is 21.3 Å². The minimum absolute atomic E-state index is 0.146. The van der Waals surface area contributed by atoms with E-state index >= 15 is 0 Å². The summed E-state index contributed by atoms with van der Waals surface area (Å²) in [6, 6.07) is 20.7. The molecule has 3 N–H and O–H groups in total. The van der Waals surface area contributed by atoms with E-state index in [1.807, 2.05) is 77.8 Å². The van der Waals surface area contributed by atoms with Gasteiger partial charge in [-0.15, -0.1) is 0 Å². The van der Waals surface area contributed by atoms with Crippen LogP contribution in [-0.2, 0) is 16.1 Å². The molecule has 3 aromatic carbocycles. The van der Waals surface area contributed by atoms with Crippen LogP contribution in [0.5, 0.6) is 11.5 Å². The second-order valence-corrected chi connectivity index (χ2v) is 9.34. The summed E-state index contributed by atoms with van der Waals surface area (Å²) in [7, 11) is 4.85. The maximum atomic E-state index is 14.1. The molecule has 198 valence electrons. The van der Waals surface area contributed by atoms with Crippen molar-refractivity contribution in [1.29, 1.82) is 0 Å². The van der Waals surface area contributed by atoms with Crippen LogP contribution in [0.25, 0.3) is 10.9 Å². The number of rotatable bonds is 9. The van der Waals surface area contributed by atoms with Crippen LogP contribution in [0.1, 0.15) is 40.4 Å². The molecule has 1 amide bonds. The van der Waals surface area contributed by atoms with Crippen molar-refractivity contribution < 1.29 is 24.1 Å². The molecule has 0 spiro atoms. The zero-order chi connectivity index (χ0) is 26.6. The lowest BCUT2D eigenvalue weighted by Crippen LogP contribution is -2.47. The number of carbonyl (C=O) groups excluding carboxylic acids is 1. The topological polar surface area (TPSA) is 96.1 Å². The van der Waals surface area contributed by atoms with Gasteiger partial charge in [0.1, 0.15) is 17.7 Å². The molecule has 38 heavy (non-hydrogen) atoms. The van der Waals surface area contributed by atoms with E-state index in [0.29, 0.717) is 24.7 Å². The van der Waals surface area contributed by atoms with Crippen molar-refractivity contribution in [2.24, 2.45) is 0 Å². The first kappa shape index (κ1) is 25.8. The first-order chi connectivity index (χ1) is 18.6. The Hall–Kier alpha value is -3.85. The number of aromatic nitrogens is 1. The van der Waals surface area contributed by atoms with E-state index < -0.39 is 18.2 Å². The first-order valence-electron chi connectivity index (χ1n) is 12.6. The number of fused-ring (bicyclic) bond motifs is 2. The average molecular weight is 516 g/mol. The van der Waals surface area contributed by atoms with Gasteiger partial charge in [-0.05, 0) is 41.0 Å². The van der Waals surface area contributed by atoms with Gasteiger partial charge in [-0.3, -0.25) is 9.69 Å². The molecule has 0 bridgehead atoms. The Bertz CT molecular complexity index is 1420. The molecule has 8 heteroatoms. The maximum absolute atomic E-state index is 14.1. The number of nitrogens with one attached hydrogen (secondary N) is 2. The minimum Gasteiger partial charge on any atom is -0.497 e. The number of methoxy groups -OCH3 is 3. The third kappa shape index (κ3) is 4.74. The van der Waals surface area contributed by atoms with Gasteiger partial charge in [0.25, 0.3) is 0 Å². The Morgan fingerprint density at radius 3 is 2.50 bits per heavy atom. The highest BCUT2D eigenvalue weighted by Crippen LogP contribution is 2.48. The molecule has 1 aliphatic rings. The van der Waals surface area contributed by atoms with Crippen LogP contribution in [0.2, 0.25) is 0 Å². The molecule has 3 unspecified atom stereocenters. The van der Waals surface area contributed by atoms with Gasteiger partial charge in [-0.25, -0.2) is 0 Å². The summed E-state index contributed by atoms with van der Waals surface area (Å²) in [5, 5.41) is 15.7. The van der Waals surface area contributed by atoms with Crippen LogP contribution >= 0.6 is 0 Å². The summed E-state index contributed by atoms with van der Waals surface area (Å²) in [5.74, 6) is 0.623. The molecular weight excluding hydrogens is 482 g/mol. The predicted octanol–water partition coefficient (Wildman–Crippen LogP) is 4.28. The number of aromatic amines is 1. The largest absolute Gasteiger partial charge is 0.497 e. The number of para-hydroxylation sites is 1. The number of H-pyrrole nitrogens is 1. The summed E-state index contributed by atoms with van der Waals surface area (Å²) >= 11 is 0. The second-order valence-electron chi connectivity index (χ2n) is 9.34. The fourth-order valence-corrected chi connectivity index (χ4v) is 5.47. The van der Waals surface area contributed by atoms with E-state index in [-0.39, 0.29) is 12.5 Å². The first-order valence-corrected chi connectivity index (χ1v) is 12.6. The van der Waals surface area contributed by atoms with E-state index in [2.05, 4.69) is 10.3 Å². The third-order valence-electron chi connectivity index (χ3n) is 7.31. The van der Waals surface area contributed by atoms with Crippen LogP contribution < -0.4 is 14.8 Å². The van der Waals surface area contributed by atoms with E-state index in [0.717, 1.165) is 33.2 Å². The summed E-state index contributed by atoms with van der Waals surface area (Å²) in [6.07, 6.45) is 1.06. The second kappa shape index (κ2) is 11.3. The number of carbonyl (C=O) groups is 1. The van der Waals surface area contributed by atoms with Crippen LogP contribution in [0.3, 0.4) is 0 Å². The number of nitrogens with zero attached hydrogens (tertiary/aromatic N) is 1. The van der Waals surface area contributed by atoms with Crippen molar-refractivity contribution in [3.05, 3.63) is 95.2 Å². The van der Waals surface area contributed by atoms with E-state index in [4.69, 9.17) is 14.2 Å². The lowest BCUT2D eigenvalue weighted by molar-refractivity contribution is -0.128. The molecule has 4 aromatic rings. The lowest BCUT2D eigenvalue weighted by atomic mass is 9.78. The molecule has 2 heterocycles. The third-order valence-corrected chi connectivity index (χ3v) is 7.31. The Morgan fingerprint density at radius 2 is 1.74 bits per heavy atom. The molecule has 0 radical (unpaired) electrons. The number of aliphatic hydroxyl groups is 1. The van der Waals surface area contributed by atoms with Crippen molar-refractivity contribution in [3.63, 3.8) is 0 Å². The molecule has 0 aliphatic carbocycles. The Kier molecular flexibility index (Phi) is 7.64. The highest BCUT2D eigenvalue weighted by molar-refractivity contribution is 5.89. The number of benzene rings is 3. The van der Waals surface area contributed by atoms with Gasteiger partial charge in [0, 0.05) is 42.9 Å². The number of amides is 1. The predicted molar refractivity (Wildman–Crippen MR) is 145 cm³/mol. The molecule has 8 nitrogen and oxygen atoms in total. The highest BCUT2D eigenvalue weighted by Gasteiger charge is 2.45. The Morgan fingerprint density at radius 1 is 0.974 bits per heavy atom. The van der Waals surface area contributed by atoms with Gasteiger partial charge >= 0.3 is 0 Å². The van der Waals surface area contributed by atoms with Crippen molar-refractivity contribution in [2.45, 2.75) is 24.7 Å². The molecular formula is C30H33N3O5. The van der Waals surface area contributed by atoms with Crippen molar-refractivity contribution in [1.82, 2.24) is 15.2 Å². The maximum Gasteiger partial charge on any atom is 0.229 e.